The molecule has 1 aromatic carbocycles. The zero-order chi connectivity index (χ0) is 11.3. The molecular weight excluding hydrogens is 196 g/mol. The minimum atomic E-state index is -1.55. The Labute approximate surface area is 89.1 Å². The largest absolute Gasteiger partial charge is 0.494 e. The van der Waals surface area contributed by atoms with Crippen molar-refractivity contribution in [3.63, 3.8) is 0 Å². The average molecular weight is 212 g/mol. The van der Waals surface area contributed by atoms with Crippen LogP contribution in [0, 0.1) is 0 Å². The minimum Gasteiger partial charge on any atom is -0.494 e. The van der Waals surface area contributed by atoms with Gasteiger partial charge in [-0.2, -0.15) is 0 Å². The average Bonchev–Trinajstić information content (AvgIpc) is 2.21. The fourth-order valence-corrected chi connectivity index (χ4v) is 1.27. The summed E-state index contributed by atoms with van der Waals surface area (Å²) in [5.41, 5.74) is 0.322. The maximum absolute atomic E-state index is 9.14. The van der Waals surface area contributed by atoms with E-state index in [9.17, 15) is 0 Å². The summed E-state index contributed by atoms with van der Waals surface area (Å²) in [6, 6.07) is 4.97. The summed E-state index contributed by atoms with van der Waals surface area (Å²) in [5, 5.41) is 18.3. The Morgan fingerprint density at radius 1 is 1.13 bits per heavy atom. The molecule has 0 saturated carbocycles. The van der Waals surface area contributed by atoms with Crippen LogP contribution in [0.25, 0.3) is 0 Å². The highest BCUT2D eigenvalue weighted by atomic mass is 16.5. The summed E-state index contributed by atoms with van der Waals surface area (Å²) in [4.78, 5) is 0. The fraction of sp³-hybridized carbons (Fsp3) is 0.455. The Kier molecular flexibility index (Phi) is 4.39. The zero-order valence-corrected chi connectivity index (χ0v) is 8.93. The molecule has 4 heteroatoms. The van der Waals surface area contributed by atoms with Gasteiger partial charge < -0.3 is 19.7 Å². The van der Waals surface area contributed by atoms with Gasteiger partial charge in [0.2, 0.25) is 0 Å². The second-order valence-electron chi connectivity index (χ2n) is 2.94. The second kappa shape index (κ2) is 5.58. The van der Waals surface area contributed by atoms with E-state index in [1.165, 1.54) is 0 Å². The third-order valence-corrected chi connectivity index (χ3v) is 1.87. The van der Waals surface area contributed by atoms with Gasteiger partial charge in [-0.1, -0.05) is 0 Å². The van der Waals surface area contributed by atoms with E-state index in [1.807, 2.05) is 13.8 Å². The first-order valence-corrected chi connectivity index (χ1v) is 4.94. The molecule has 0 atom stereocenters. The van der Waals surface area contributed by atoms with Crippen LogP contribution in [0.3, 0.4) is 0 Å². The third-order valence-electron chi connectivity index (χ3n) is 1.87. The van der Waals surface area contributed by atoms with Crippen molar-refractivity contribution in [1.82, 2.24) is 0 Å². The summed E-state index contributed by atoms with van der Waals surface area (Å²) in [6.07, 6.45) is -1.55. The van der Waals surface area contributed by atoms with Gasteiger partial charge in [-0.25, -0.2) is 0 Å². The summed E-state index contributed by atoms with van der Waals surface area (Å²) in [7, 11) is 0. The van der Waals surface area contributed by atoms with E-state index in [-0.39, 0.29) is 0 Å². The summed E-state index contributed by atoms with van der Waals surface area (Å²) >= 11 is 0. The smallest absolute Gasteiger partial charge is 0.182 e. The molecule has 15 heavy (non-hydrogen) atoms. The zero-order valence-electron chi connectivity index (χ0n) is 8.93. The van der Waals surface area contributed by atoms with Crippen LogP contribution in [0.4, 0.5) is 0 Å². The summed E-state index contributed by atoms with van der Waals surface area (Å²) < 4.78 is 10.5. The molecule has 0 aliphatic heterocycles. The van der Waals surface area contributed by atoms with Crippen LogP contribution >= 0.6 is 0 Å². The van der Waals surface area contributed by atoms with Gasteiger partial charge in [0.15, 0.2) is 6.29 Å². The molecule has 4 nitrogen and oxygen atoms in total. The first-order chi connectivity index (χ1) is 7.19. The van der Waals surface area contributed by atoms with Gasteiger partial charge in [-0.15, -0.1) is 0 Å². The third kappa shape index (κ3) is 3.11. The van der Waals surface area contributed by atoms with Crippen LogP contribution in [0.1, 0.15) is 25.7 Å². The maximum Gasteiger partial charge on any atom is 0.182 e. The molecule has 0 bridgehead atoms. The Morgan fingerprint density at radius 2 is 1.80 bits per heavy atom. The number of ether oxygens (including phenoxy) is 2. The van der Waals surface area contributed by atoms with Gasteiger partial charge in [-0.3, -0.25) is 0 Å². The number of hydrogen-bond acceptors (Lipinski definition) is 4. The Morgan fingerprint density at radius 3 is 2.33 bits per heavy atom. The van der Waals surface area contributed by atoms with Gasteiger partial charge in [0, 0.05) is 0 Å². The normalized spacial score (nSPS) is 10.5. The van der Waals surface area contributed by atoms with Crippen molar-refractivity contribution in [2.45, 2.75) is 20.1 Å². The van der Waals surface area contributed by atoms with Gasteiger partial charge in [0.05, 0.1) is 18.8 Å². The minimum absolute atomic E-state index is 0.322. The first-order valence-electron chi connectivity index (χ1n) is 4.94. The Balaban J connectivity index is 2.97. The van der Waals surface area contributed by atoms with E-state index in [0.717, 1.165) is 0 Å². The highest BCUT2D eigenvalue weighted by Gasteiger charge is 2.11. The van der Waals surface area contributed by atoms with Crippen molar-refractivity contribution < 1.29 is 19.7 Å². The van der Waals surface area contributed by atoms with E-state index < -0.39 is 6.29 Å². The molecule has 1 aromatic rings. The summed E-state index contributed by atoms with van der Waals surface area (Å²) in [5.74, 6) is 1.07. The van der Waals surface area contributed by atoms with Crippen molar-refractivity contribution in [1.29, 1.82) is 0 Å². The maximum atomic E-state index is 9.14. The SMILES string of the molecule is CCOc1ccc(OCC)c(C(O)O)c1. The number of aliphatic hydroxyl groups excluding tert-OH is 1. The predicted molar refractivity (Wildman–Crippen MR) is 56.0 cm³/mol. The van der Waals surface area contributed by atoms with Crippen molar-refractivity contribution in [3.05, 3.63) is 23.8 Å². The number of aliphatic hydroxyl groups is 2. The molecule has 0 unspecified atom stereocenters. The van der Waals surface area contributed by atoms with Crippen molar-refractivity contribution >= 4 is 0 Å². The molecule has 84 valence electrons. The fourth-order valence-electron chi connectivity index (χ4n) is 1.27. The summed E-state index contributed by atoms with van der Waals surface area (Å²) in [6.45, 7) is 4.72. The lowest BCUT2D eigenvalue weighted by molar-refractivity contribution is -0.0442. The Hall–Kier alpha value is -1.26. The lowest BCUT2D eigenvalue weighted by Crippen LogP contribution is -2.02. The molecular formula is C11H16O4. The van der Waals surface area contributed by atoms with Gasteiger partial charge >= 0.3 is 0 Å². The number of hydrogen-bond donors (Lipinski definition) is 2. The molecule has 0 radical (unpaired) electrons. The van der Waals surface area contributed by atoms with Crippen LogP contribution in [-0.4, -0.2) is 23.4 Å². The molecule has 0 aliphatic carbocycles. The van der Waals surface area contributed by atoms with E-state index >= 15 is 0 Å². The van der Waals surface area contributed by atoms with Crippen molar-refractivity contribution in [3.8, 4) is 11.5 Å². The molecule has 0 aromatic heterocycles. The molecule has 0 amide bonds. The number of benzene rings is 1. The molecule has 1 rings (SSSR count). The van der Waals surface area contributed by atoms with E-state index in [2.05, 4.69) is 0 Å². The lowest BCUT2D eigenvalue weighted by Gasteiger charge is -2.13. The molecule has 0 saturated heterocycles. The highest BCUT2D eigenvalue weighted by Crippen LogP contribution is 2.28. The van der Waals surface area contributed by atoms with E-state index in [1.54, 1.807) is 18.2 Å². The molecule has 0 spiro atoms. The Bertz CT molecular complexity index is 309. The quantitative estimate of drug-likeness (QED) is 0.725. The van der Waals surface area contributed by atoms with E-state index in [0.29, 0.717) is 30.3 Å². The number of rotatable bonds is 5. The standard InChI is InChI=1S/C11H16O4/c1-3-14-8-5-6-10(15-4-2)9(7-8)11(12)13/h5-7,11-13H,3-4H2,1-2H3. The van der Waals surface area contributed by atoms with Gasteiger partial charge in [0.25, 0.3) is 0 Å². The highest BCUT2D eigenvalue weighted by molar-refractivity contribution is 5.40. The topological polar surface area (TPSA) is 58.9 Å². The monoisotopic (exact) mass is 212 g/mol. The molecule has 0 aliphatic rings. The van der Waals surface area contributed by atoms with Crippen LogP contribution in [-0.2, 0) is 0 Å². The van der Waals surface area contributed by atoms with E-state index in [4.69, 9.17) is 19.7 Å². The van der Waals surface area contributed by atoms with Crippen molar-refractivity contribution in [2.24, 2.45) is 0 Å². The molecule has 0 fully saturated rings. The molecule has 2 N–H and O–H groups in total. The lowest BCUT2D eigenvalue weighted by atomic mass is 10.2. The van der Waals surface area contributed by atoms with Gasteiger partial charge in [0.1, 0.15) is 11.5 Å². The van der Waals surface area contributed by atoms with Crippen LogP contribution in [0.2, 0.25) is 0 Å². The van der Waals surface area contributed by atoms with Crippen LogP contribution in [0.5, 0.6) is 11.5 Å². The first kappa shape index (κ1) is 11.8. The van der Waals surface area contributed by atoms with Gasteiger partial charge in [-0.05, 0) is 32.0 Å². The predicted octanol–water partition coefficient (Wildman–Crippen LogP) is 1.47. The van der Waals surface area contributed by atoms with Crippen LogP contribution in [0.15, 0.2) is 18.2 Å². The van der Waals surface area contributed by atoms with Crippen molar-refractivity contribution in [2.75, 3.05) is 13.2 Å². The molecule has 0 heterocycles. The second-order valence-corrected chi connectivity index (χ2v) is 2.94. The van der Waals surface area contributed by atoms with Crippen LogP contribution < -0.4 is 9.47 Å².